The molecule has 0 radical (unpaired) electrons. The van der Waals surface area contributed by atoms with Crippen LogP contribution in [-0.4, -0.2) is 15.6 Å². The van der Waals surface area contributed by atoms with E-state index in [4.69, 9.17) is 11.5 Å². The van der Waals surface area contributed by atoms with Crippen LogP contribution in [0.2, 0.25) is 0 Å². The van der Waals surface area contributed by atoms with E-state index in [-0.39, 0.29) is 22.7 Å². The Morgan fingerprint density at radius 1 is 1.30 bits per heavy atom. The van der Waals surface area contributed by atoms with Gasteiger partial charge in [-0.3, -0.25) is 14.2 Å². The molecular formula is C17H17N3O3. The van der Waals surface area contributed by atoms with E-state index in [0.717, 1.165) is 0 Å². The highest BCUT2D eigenvalue weighted by molar-refractivity contribution is 5.97. The van der Waals surface area contributed by atoms with Crippen molar-refractivity contribution >= 4 is 11.7 Å². The Balaban J connectivity index is 3.03. The lowest BCUT2D eigenvalue weighted by Gasteiger charge is -2.18. The van der Waals surface area contributed by atoms with Gasteiger partial charge >= 0.3 is 0 Å². The van der Waals surface area contributed by atoms with Crippen molar-refractivity contribution in [2.75, 3.05) is 5.73 Å². The fourth-order valence-corrected chi connectivity index (χ4v) is 2.44. The van der Waals surface area contributed by atoms with Gasteiger partial charge < -0.3 is 16.6 Å². The van der Waals surface area contributed by atoms with Crippen molar-refractivity contribution in [3.05, 3.63) is 50.8 Å². The first kappa shape index (κ1) is 16.2. The smallest absolute Gasteiger partial charge is 0.272 e. The van der Waals surface area contributed by atoms with Gasteiger partial charge in [0.25, 0.3) is 11.5 Å². The molecule has 1 aromatic carbocycles. The van der Waals surface area contributed by atoms with Crippen LogP contribution in [-0.2, 0) is 0 Å². The van der Waals surface area contributed by atoms with Crippen LogP contribution < -0.4 is 17.0 Å². The number of amides is 1. The van der Waals surface area contributed by atoms with Gasteiger partial charge in [-0.1, -0.05) is 12.0 Å². The van der Waals surface area contributed by atoms with Gasteiger partial charge in [-0.25, -0.2) is 0 Å². The Morgan fingerprint density at radius 2 is 1.96 bits per heavy atom. The molecule has 1 amide bonds. The fourth-order valence-electron chi connectivity index (χ4n) is 2.44. The largest absolute Gasteiger partial charge is 0.508 e. The van der Waals surface area contributed by atoms with E-state index < -0.39 is 11.5 Å². The van der Waals surface area contributed by atoms with Gasteiger partial charge in [0.1, 0.15) is 11.6 Å². The van der Waals surface area contributed by atoms with Gasteiger partial charge in [-0.05, 0) is 38.5 Å². The first-order valence-corrected chi connectivity index (χ1v) is 6.87. The van der Waals surface area contributed by atoms with Crippen molar-refractivity contribution in [3.8, 4) is 23.3 Å². The summed E-state index contributed by atoms with van der Waals surface area (Å²) in [6.45, 7) is 5.01. The highest BCUT2D eigenvalue weighted by Crippen LogP contribution is 2.28. The number of pyridine rings is 1. The number of aromatic hydroxyl groups is 1. The summed E-state index contributed by atoms with van der Waals surface area (Å²) >= 11 is 0. The van der Waals surface area contributed by atoms with Crippen molar-refractivity contribution in [1.29, 1.82) is 0 Å². The number of carbonyl (C=O) groups is 1. The van der Waals surface area contributed by atoms with Crippen molar-refractivity contribution in [3.63, 3.8) is 0 Å². The number of aryl methyl sites for hydroxylation is 1. The summed E-state index contributed by atoms with van der Waals surface area (Å²) in [4.78, 5) is 24.4. The molecule has 2 rings (SSSR count). The molecule has 0 saturated carbocycles. The van der Waals surface area contributed by atoms with Crippen molar-refractivity contribution in [2.45, 2.75) is 20.8 Å². The number of benzene rings is 1. The minimum atomic E-state index is -0.758. The molecule has 5 N–H and O–H groups in total. The standard InChI is InChI=1S/C17H17N3O3/c1-4-5-11-8-12(16(19)22)15(18)20(17(11)23)14-9(2)6-7-13(21)10(14)3/h6-8,21H,18H2,1-3H3,(H2,19,22). The zero-order valence-corrected chi connectivity index (χ0v) is 13.1. The Hall–Kier alpha value is -3.20. The molecule has 0 spiro atoms. The average Bonchev–Trinajstić information content (AvgIpc) is 2.49. The molecule has 0 unspecified atom stereocenters. The molecule has 0 aliphatic heterocycles. The zero-order chi connectivity index (χ0) is 17.3. The summed E-state index contributed by atoms with van der Waals surface area (Å²) in [5.41, 5.74) is 12.6. The van der Waals surface area contributed by atoms with Crippen molar-refractivity contribution in [1.82, 2.24) is 4.57 Å². The van der Waals surface area contributed by atoms with E-state index in [0.29, 0.717) is 16.8 Å². The summed E-state index contributed by atoms with van der Waals surface area (Å²) in [5.74, 6) is 4.45. The van der Waals surface area contributed by atoms with Crippen LogP contribution in [0.4, 0.5) is 5.82 Å². The molecule has 6 heteroatoms. The number of aromatic nitrogens is 1. The zero-order valence-electron chi connectivity index (χ0n) is 13.1. The molecule has 1 heterocycles. The molecule has 2 aromatic rings. The van der Waals surface area contributed by atoms with Crippen LogP contribution in [0.15, 0.2) is 23.0 Å². The highest BCUT2D eigenvalue weighted by Gasteiger charge is 2.19. The molecule has 0 aliphatic carbocycles. The normalized spacial score (nSPS) is 10.0. The number of anilines is 1. The van der Waals surface area contributed by atoms with Gasteiger partial charge in [0, 0.05) is 5.56 Å². The Labute approximate surface area is 133 Å². The third-order valence-electron chi connectivity index (χ3n) is 3.59. The van der Waals surface area contributed by atoms with E-state index >= 15 is 0 Å². The second-order valence-corrected chi connectivity index (χ2v) is 5.11. The molecule has 0 aliphatic rings. The molecule has 6 nitrogen and oxygen atoms in total. The van der Waals surface area contributed by atoms with Gasteiger partial charge in [0.2, 0.25) is 0 Å². The van der Waals surface area contributed by atoms with E-state index in [1.54, 1.807) is 26.8 Å². The number of hydrogen-bond acceptors (Lipinski definition) is 4. The Bertz CT molecular complexity index is 931. The average molecular weight is 311 g/mol. The van der Waals surface area contributed by atoms with Gasteiger partial charge in [-0.2, -0.15) is 0 Å². The second-order valence-electron chi connectivity index (χ2n) is 5.11. The minimum absolute atomic E-state index is 0.00416. The molecular weight excluding hydrogens is 294 g/mol. The van der Waals surface area contributed by atoms with E-state index in [1.807, 2.05) is 0 Å². The number of carbonyl (C=O) groups excluding carboxylic acids is 1. The molecule has 0 atom stereocenters. The lowest BCUT2D eigenvalue weighted by atomic mass is 10.1. The quantitative estimate of drug-likeness (QED) is 0.724. The van der Waals surface area contributed by atoms with E-state index in [9.17, 15) is 14.7 Å². The topological polar surface area (TPSA) is 111 Å². The first-order chi connectivity index (χ1) is 10.8. The van der Waals surface area contributed by atoms with Crippen LogP contribution in [0.5, 0.6) is 5.75 Å². The molecule has 1 aromatic heterocycles. The monoisotopic (exact) mass is 311 g/mol. The van der Waals surface area contributed by atoms with Gasteiger partial charge in [0.15, 0.2) is 0 Å². The fraction of sp³-hybridized carbons (Fsp3) is 0.176. The molecule has 0 saturated heterocycles. The molecule has 0 bridgehead atoms. The number of rotatable bonds is 2. The van der Waals surface area contributed by atoms with Crippen molar-refractivity contribution in [2.24, 2.45) is 5.73 Å². The van der Waals surface area contributed by atoms with Crippen LogP contribution in [0.25, 0.3) is 5.69 Å². The highest BCUT2D eigenvalue weighted by atomic mass is 16.3. The van der Waals surface area contributed by atoms with E-state index in [2.05, 4.69) is 11.8 Å². The van der Waals surface area contributed by atoms with Crippen LogP contribution >= 0.6 is 0 Å². The lowest BCUT2D eigenvalue weighted by molar-refractivity contribution is 0.100. The number of nitrogens with zero attached hydrogens (tertiary/aromatic N) is 1. The summed E-state index contributed by atoms with van der Waals surface area (Å²) in [5, 5.41) is 9.94. The van der Waals surface area contributed by atoms with Crippen LogP contribution in [0, 0.1) is 25.7 Å². The van der Waals surface area contributed by atoms with E-state index in [1.165, 1.54) is 16.7 Å². The summed E-state index contributed by atoms with van der Waals surface area (Å²) < 4.78 is 1.17. The SMILES string of the molecule is CC#Cc1cc(C(N)=O)c(N)n(-c2c(C)ccc(O)c2C)c1=O. The molecule has 0 fully saturated rings. The van der Waals surface area contributed by atoms with Crippen molar-refractivity contribution < 1.29 is 9.90 Å². The summed E-state index contributed by atoms with van der Waals surface area (Å²) in [6, 6.07) is 4.48. The predicted octanol–water partition coefficient (Wildman–Crippen LogP) is 1.21. The maximum absolute atomic E-state index is 12.7. The Morgan fingerprint density at radius 3 is 2.52 bits per heavy atom. The maximum Gasteiger partial charge on any atom is 0.272 e. The number of primary amides is 1. The lowest BCUT2D eigenvalue weighted by Crippen LogP contribution is -2.29. The predicted molar refractivity (Wildman–Crippen MR) is 88.7 cm³/mol. The maximum atomic E-state index is 12.7. The third-order valence-corrected chi connectivity index (χ3v) is 3.59. The van der Waals surface area contributed by atoms with Gasteiger partial charge in [-0.15, -0.1) is 5.92 Å². The van der Waals surface area contributed by atoms with Gasteiger partial charge in [0.05, 0.1) is 16.8 Å². The number of nitrogens with two attached hydrogens (primary N) is 2. The van der Waals surface area contributed by atoms with Crippen LogP contribution in [0.3, 0.4) is 0 Å². The molecule has 118 valence electrons. The number of phenolic OH excluding ortho intramolecular Hbond substituents is 1. The first-order valence-electron chi connectivity index (χ1n) is 6.87. The number of nitrogen functional groups attached to an aromatic ring is 1. The molecule has 23 heavy (non-hydrogen) atoms. The third kappa shape index (κ3) is 2.64. The Kier molecular flexibility index (Phi) is 4.14. The minimum Gasteiger partial charge on any atom is -0.508 e. The summed E-state index contributed by atoms with van der Waals surface area (Å²) in [7, 11) is 0. The number of phenols is 1. The summed E-state index contributed by atoms with van der Waals surface area (Å²) in [6.07, 6.45) is 0. The second kappa shape index (κ2) is 5.89. The van der Waals surface area contributed by atoms with Crippen LogP contribution in [0.1, 0.15) is 34.0 Å². The number of hydrogen-bond donors (Lipinski definition) is 3.